The Bertz CT molecular complexity index is 719. The zero-order valence-electron chi connectivity index (χ0n) is 11.1. The molecule has 3 nitrogen and oxygen atoms in total. The van der Waals surface area contributed by atoms with Gasteiger partial charge in [-0.15, -0.1) is 0 Å². The second-order valence-corrected chi connectivity index (χ2v) is 5.58. The fourth-order valence-electron chi connectivity index (χ4n) is 2.86. The van der Waals surface area contributed by atoms with Crippen LogP contribution in [0.2, 0.25) is 5.02 Å². The van der Waals surface area contributed by atoms with Crippen molar-refractivity contribution in [1.29, 1.82) is 0 Å². The minimum Gasteiger partial charge on any atom is -0.479 e. The van der Waals surface area contributed by atoms with Gasteiger partial charge in [0, 0.05) is 10.7 Å². The number of hydrogen-bond acceptors (Lipinski definition) is 2. The van der Waals surface area contributed by atoms with E-state index in [-0.39, 0.29) is 5.82 Å². The van der Waals surface area contributed by atoms with E-state index in [0.717, 1.165) is 5.56 Å². The molecular formula is C16H13ClFNO2. The number of carboxylic acids is 1. The second-order valence-electron chi connectivity index (χ2n) is 5.15. The molecule has 21 heavy (non-hydrogen) atoms. The lowest BCUT2D eigenvalue weighted by Gasteiger charge is -2.28. The van der Waals surface area contributed by atoms with E-state index in [1.807, 2.05) is 0 Å². The topological polar surface area (TPSA) is 49.3 Å². The first kappa shape index (κ1) is 13.9. The number of halogens is 2. The number of aryl methyl sites for hydroxylation is 1. The summed E-state index contributed by atoms with van der Waals surface area (Å²) in [4.78, 5) is 11.9. The van der Waals surface area contributed by atoms with Crippen molar-refractivity contribution < 1.29 is 14.3 Å². The van der Waals surface area contributed by atoms with Crippen molar-refractivity contribution in [2.45, 2.75) is 18.4 Å². The van der Waals surface area contributed by atoms with Crippen molar-refractivity contribution in [3.05, 3.63) is 64.4 Å². The molecule has 0 fully saturated rings. The van der Waals surface area contributed by atoms with Crippen molar-refractivity contribution in [2.75, 3.05) is 5.32 Å². The molecule has 1 atom stereocenters. The van der Waals surface area contributed by atoms with Crippen LogP contribution in [0.4, 0.5) is 10.1 Å². The van der Waals surface area contributed by atoms with Gasteiger partial charge >= 0.3 is 5.97 Å². The highest BCUT2D eigenvalue weighted by Crippen LogP contribution is 2.40. The molecule has 0 saturated heterocycles. The molecule has 0 saturated carbocycles. The number of rotatable bonds is 3. The number of benzene rings is 2. The average Bonchev–Trinajstić information content (AvgIpc) is 2.78. The lowest BCUT2D eigenvalue weighted by atomic mass is 9.91. The van der Waals surface area contributed by atoms with Gasteiger partial charge in [0.05, 0.1) is 0 Å². The average molecular weight is 306 g/mol. The first-order chi connectivity index (χ1) is 10.0. The van der Waals surface area contributed by atoms with E-state index in [9.17, 15) is 14.3 Å². The highest BCUT2D eigenvalue weighted by molar-refractivity contribution is 6.30. The van der Waals surface area contributed by atoms with Gasteiger partial charge in [-0.05, 0) is 54.3 Å². The number of carboxylic acid groups (broad SMARTS) is 1. The minimum atomic E-state index is -1.24. The van der Waals surface area contributed by atoms with Crippen LogP contribution in [0.5, 0.6) is 0 Å². The van der Waals surface area contributed by atoms with Crippen molar-refractivity contribution in [3.8, 4) is 0 Å². The summed E-state index contributed by atoms with van der Waals surface area (Å²) in [5, 5.41) is 13.3. The Morgan fingerprint density at radius 1 is 1.29 bits per heavy atom. The largest absolute Gasteiger partial charge is 0.479 e. The zero-order chi connectivity index (χ0) is 15.0. The third-order valence-corrected chi connectivity index (χ3v) is 4.08. The molecular weight excluding hydrogens is 293 g/mol. The summed E-state index contributed by atoms with van der Waals surface area (Å²) >= 11 is 5.94. The van der Waals surface area contributed by atoms with E-state index in [1.54, 1.807) is 30.3 Å². The van der Waals surface area contributed by atoms with Crippen LogP contribution in [-0.4, -0.2) is 11.1 Å². The van der Waals surface area contributed by atoms with Gasteiger partial charge in [-0.1, -0.05) is 23.7 Å². The molecule has 108 valence electrons. The fraction of sp³-hybridized carbons (Fsp3) is 0.188. The second kappa shape index (κ2) is 5.04. The SMILES string of the molecule is O=C(O)C1(Nc2cccc(Cl)c2)CCc2cc(F)ccc21. The molecule has 0 aromatic heterocycles. The van der Waals surface area contributed by atoms with E-state index in [1.165, 1.54) is 12.1 Å². The number of fused-ring (bicyclic) bond motifs is 1. The third-order valence-electron chi connectivity index (χ3n) is 3.84. The monoisotopic (exact) mass is 305 g/mol. The van der Waals surface area contributed by atoms with Crippen molar-refractivity contribution in [2.24, 2.45) is 0 Å². The maximum Gasteiger partial charge on any atom is 0.334 e. The Morgan fingerprint density at radius 2 is 2.10 bits per heavy atom. The van der Waals surface area contributed by atoms with Crippen LogP contribution in [-0.2, 0) is 16.8 Å². The van der Waals surface area contributed by atoms with E-state index in [2.05, 4.69) is 5.32 Å². The van der Waals surface area contributed by atoms with E-state index in [0.29, 0.717) is 29.1 Å². The van der Waals surface area contributed by atoms with Crippen LogP contribution in [0, 0.1) is 5.82 Å². The van der Waals surface area contributed by atoms with Gasteiger partial charge in [0.15, 0.2) is 5.54 Å². The van der Waals surface area contributed by atoms with Crippen LogP contribution >= 0.6 is 11.6 Å². The van der Waals surface area contributed by atoms with Gasteiger partial charge < -0.3 is 10.4 Å². The molecule has 5 heteroatoms. The van der Waals surface area contributed by atoms with Crippen LogP contribution < -0.4 is 5.32 Å². The standard InChI is InChI=1S/C16H13ClFNO2/c17-11-2-1-3-13(9-11)19-16(15(20)21)7-6-10-8-12(18)4-5-14(10)16/h1-5,8-9,19H,6-7H2,(H,20,21). The van der Waals surface area contributed by atoms with E-state index < -0.39 is 11.5 Å². The molecule has 2 N–H and O–H groups in total. The Labute approximate surface area is 126 Å². The Morgan fingerprint density at radius 3 is 2.81 bits per heavy atom. The molecule has 0 aliphatic heterocycles. The summed E-state index contributed by atoms with van der Waals surface area (Å²) in [6, 6.07) is 11.1. The van der Waals surface area contributed by atoms with Crippen molar-refractivity contribution >= 4 is 23.3 Å². The Hall–Kier alpha value is -2.07. The number of anilines is 1. The summed E-state index contributed by atoms with van der Waals surface area (Å²) in [6.07, 6.45) is 0.889. The molecule has 0 amide bonds. The fourth-order valence-corrected chi connectivity index (χ4v) is 3.05. The number of aliphatic carboxylic acids is 1. The molecule has 0 bridgehead atoms. The van der Waals surface area contributed by atoms with Gasteiger partial charge in [-0.25, -0.2) is 9.18 Å². The molecule has 0 spiro atoms. The summed E-state index contributed by atoms with van der Waals surface area (Å²) in [5.74, 6) is -1.33. The predicted molar refractivity (Wildman–Crippen MR) is 79.1 cm³/mol. The molecule has 0 heterocycles. The van der Waals surface area contributed by atoms with Crippen LogP contribution in [0.15, 0.2) is 42.5 Å². The Balaban J connectivity index is 2.06. The summed E-state index contributed by atoms with van der Waals surface area (Å²) < 4.78 is 13.3. The van der Waals surface area contributed by atoms with Gasteiger partial charge in [-0.2, -0.15) is 0 Å². The van der Waals surface area contributed by atoms with Crippen molar-refractivity contribution in [1.82, 2.24) is 0 Å². The lowest BCUT2D eigenvalue weighted by molar-refractivity contribution is -0.142. The quantitative estimate of drug-likeness (QED) is 0.906. The normalized spacial score (nSPS) is 20.1. The van der Waals surface area contributed by atoms with Gasteiger partial charge in [0.2, 0.25) is 0 Å². The van der Waals surface area contributed by atoms with E-state index in [4.69, 9.17) is 11.6 Å². The predicted octanol–water partition coefficient (Wildman–Crippen LogP) is 3.82. The molecule has 1 aliphatic carbocycles. The molecule has 2 aromatic rings. The van der Waals surface area contributed by atoms with Crippen LogP contribution in [0.1, 0.15) is 17.5 Å². The van der Waals surface area contributed by atoms with Gasteiger partial charge in [-0.3, -0.25) is 0 Å². The highest BCUT2D eigenvalue weighted by Gasteiger charge is 2.45. The van der Waals surface area contributed by atoms with Crippen LogP contribution in [0.3, 0.4) is 0 Å². The van der Waals surface area contributed by atoms with Gasteiger partial charge in [0.1, 0.15) is 5.82 Å². The number of hydrogen-bond donors (Lipinski definition) is 2. The summed E-state index contributed by atoms with van der Waals surface area (Å²) in [6.45, 7) is 0. The van der Waals surface area contributed by atoms with E-state index >= 15 is 0 Å². The molecule has 1 aliphatic rings. The lowest BCUT2D eigenvalue weighted by Crippen LogP contribution is -2.41. The Kier molecular flexibility index (Phi) is 3.33. The molecule has 1 unspecified atom stereocenters. The molecule has 0 radical (unpaired) electrons. The van der Waals surface area contributed by atoms with Gasteiger partial charge in [0.25, 0.3) is 0 Å². The maximum atomic E-state index is 13.3. The smallest absolute Gasteiger partial charge is 0.334 e. The van der Waals surface area contributed by atoms with Crippen LogP contribution in [0.25, 0.3) is 0 Å². The maximum absolute atomic E-state index is 13.3. The number of nitrogens with one attached hydrogen (secondary N) is 1. The minimum absolute atomic E-state index is 0.349. The third kappa shape index (κ3) is 2.36. The zero-order valence-corrected chi connectivity index (χ0v) is 11.8. The molecule has 3 rings (SSSR count). The summed E-state index contributed by atoms with van der Waals surface area (Å²) in [5.41, 5.74) is 0.721. The molecule has 2 aromatic carbocycles. The highest BCUT2D eigenvalue weighted by atomic mass is 35.5. The first-order valence-corrected chi connectivity index (χ1v) is 6.95. The summed E-state index contributed by atoms with van der Waals surface area (Å²) in [7, 11) is 0. The first-order valence-electron chi connectivity index (χ1n) is 6.57. The number of carbonyl (C=O) groups is 1. The van der Waals surface area contributed by atoms with Crippen molar-refractivity contribution in [3.63, 3.8) is 0 Å².